The van der Waals surface area contributed by atoms with E-state index < -0.39 is 23.4 Å². The summed E-state index contributed by atoms with van der Waals surface area (Å²) in [5, 5.41) is 8.87. The topological polar surface area (TPSA) is 150 Å². The van der Waals surface area contributed by atoms with Crippen LogP contribution in [0.4, 0.5) is 26.5 Å². The number of nitrogens with two attached hydrogens (primary N) is 1. The van der Waals surface area contributed by atoms with Gasteiger partial charge in [-0.2, -0.15) is 0 Å². The number of hydrogen-bond acceptors (Lipinski definition) is 9. The molecule has 2 aromatic rings. The van der Waals surface area contributed by atoms with Crippen LogP contribution in [0.15, 0.2) is 24.4 Å². The summed E-state index contributed by atoms with van der Waals surface area (Å²) in [5.74, 6) is -1.34. The minimum Gasteiger partial charge on any atom is -0.475 e. The fourth-order valence-corrected chi connectivity index (χ4v) is 3.41. The number of methoxy groups -OCH3 is 1. The molecular weight excluding hydrogens is 483 g/mol. The van der Waals surface area contributed by atoms with Crippen LogP contribution in [0.2, 0.25) is 0 Å². The fourth-order valence-electron chi connectivity index (χ4n) is 3.41. The zero-order valence-corrected chi connectivity index (χ0v) is 22.2. The predicted molar refractivity (Wildman–Crippen MR) is 139 cm³/mol. The van der Waals surface area contributed by atoms with Crippen LogP contribution in [-0.4, -0.2) is 60.0 Å². The van der Waals surface area contributed by atoms with E-state index in [2.05, 4.69) is 25.9 Å². The molecule has 0 bridgehead atoms. The number of hydrogen-bond donors (Lipinski definition) is 4. The molecule has 2 rings (SSSR count). The summed E-state index contributed by atoms with van der Waals surface area (Å²) in [6, 6.07) is 3.50. The number of amides is 2. The first-order valence-corrected chi connectivity index (χ1v) is 12.1. The lowest BCUT2D eigenvalue weighted by Gasteiger charge is -2.29. The van der Waals surface area contributed by atoms with E-state index in [1.807, 2.05) is 13.8 Å². The molecule has 37 heavy (non-hydrogen) atoms. The number of anilines is 3. The molecular formula is C25H37FN6O5. The average Bonchev–Trinajstić information content (AvgIpc) is 2.82. The Balaban J connectivity index is 2.29. The molecule has 11 nitrogen and oxygen atoms in total. The van der Waals surface area contributed by atoms with Gasteiger partial charge in [0.1, 0.15) is 18.0 Å². The fraction of sp³-hybridized carbons (Fsp3) is 0.520. The number of carbonyl (C=O) groups excluding carboxylic acids is 2. The average molecular weight is 521 g/mol. The summed E-state index contributed by atoms with van der Waals surface area (Å²) < 4.78 is 30.8. The van der Waals surface area contributed by atoms with E-state index >= 15 is 4.39 Å². The van der Waals surface area contributed by atoms with Crippen LogP contribution in [0.25, 0.3) is 0 Å². The number of nitrogens with one attached hydrogen (secondary N) is 3. The van der Waals surface area contributed by atoms with E-state index in [0.29, 0.717) is 37.6 Å². The number of primary amides is 1. The van der Waals surface area contributed by atoms with Crippen molar-refractivity contribution >= 4 is 29.3 Å². The normalized spacial score (nSPS) is 12.8. The van der Waals surface area contributed by atoms with Crippen LogP contribution >= 0.6 is 0 Å². The third-order valence-corrected chi connectivity index (χ3v) is 5.17. The smallest absolute Gasteiger partial charge is 0.407 e. The number of alkyl carbamates (subject to hydrolysis) is 1. The molecule has 0 saturated carbocycles. The minimum atomic E-state index is -0.851. The van der Waals surface area contributed by atoms with Crippen molar-refractivity contribution in [1.29, 1.82) is 0 Å². The van der Waals surface area contributed by atoms with Crippen LogP contribution in [0, 0.1) is 5.82 Å². The minimum absolute atomic E-state index is 0.0495. The quantitative estimate of drug-likeness (QED) is 0.288. The number of ether oxygens (including phenoxy) is 3. The Morgan fingerprint density at radius 2 is 1.81 bits per heavy atom. The van der Waals surface area contributed by atoms with Gasteiger partial charge in [-0.25, -0.2) is 19.2 Å². The van der Waals surface area contributed by atoms with Crippen molar-refractivity contribution in [3.05, 3.63) is 35.8 Å². The highest BCUT2D eigenvalue weighted by molar-refractivity contribution is 5.98. The van der Waals surface area contributed by atoms with Crippen molar-refractivity contribution in [2.24, 2.45) is 5.73 Å². The number of pyridine rings is 2. The standard InChI is InChI=1S/C25H37FN6O5/c1-7-18(19(8-2)31-24(34)37-25(3,4)5)30-23-17(26)14-16(21(27)33)22(32-23)29-15-9-10-28-20(13-15)36-12-11-35-6/h9-10,13-14,18-19H,7-8,11-12H2,1-6H3,(H2,27,33)(H,31,34)(H2,28,29,30,32)/t18-,19+/m1/s1. The SMILES string of the molecule is CC[C@H](NC(=O)OC(C)(C)C)[C@@H](CC)Nc1nc(Nc2ccnc(OCCOC)c2)c(C(N)=O)cc1F. The molecule has 5 N–H and O–H groups in total. The van der Waals surface area contributed by atoms with Crippen LogP contribution in [0.1, 0.15) is 57.8 Å². The van der Waals surface area contributed by atoms with Crippen LogP contribution in [0.3, 0.4) is 0 Å². The maximum atomic E-state index is 15.0. The number of carbonyl (C=O) groups is 2. The van der Waals surface area contributed by atoms with Gasteiger partial charge in [-0.3, -0.25) is 4.79 Å². The van der Waals surface area contributed by atoms with E-state index in [1.165, 1.54) is 6.20 Å². The lowest BCUT2D eigenvalue weighted by Crippen LogP contribution is -2.48. The van der Waals surface area contributed by atoms with Gasteiger partial charge in [0.25, 0.3) is 5.91 Å². The molecule has 0 aromatic carbocycles. The Morgan fingerprint density at radius 3 is 2.41 bits per heavy atom. The molecule has 0 fully saturated rings. The molecule has 2 atom stereocenters. The first kappa shape index (κ1) is 29.6. The lowest BCUT2D eigenvalue weighted by atomic mass is 10.0. The third kappa shape index (κ3) is 9.37. The molecule has 0 saturated heterocycles. The van der Waals surface area contributed by atoms with Gasteiger partial charge in [0.2, 0.25) is 5.88 Å². The first-order chi connectivity index (χ1) is 17.5. The van der Waals surface area contributed by atoms with Crippen molar-refractivity contribution in [2.45, 2.75) is 65.1 Å². The highest BCUT2D eigenvalue weighted by atomic mass is 19.1. The van der Waals surface area contributed by atoms with Gasteiger partial charge < -0.3 is 35.9 Å². The first-order valence-electron chi connectivity index (χ1n) is 12.1. The third-order valence-electron chi connectivity index (χ3n) is 5.17. The molecule has 0 aliphatic carbocycles. The van der Waals surface area contributed by atoms with Crippen molar-refractivity contribution in [3.63, 3.8) is 0 Å². The van der Waals surface area contributed by atoms with E-state index in [4.69, 9.17) is 19.9 Å². The largest absolute Gasteiger partial charge is 0.475 e. The summed E-state index contributed by atoms with van der Waals surface area (Å²) in [7, 11) is 1.56. The van der Waals surface area contributed by atoms with Crippen molar-refractivity contribution < 1.29 is 28.2 Å². The molecule has 2 aromatic heterocycles. The zero-order chi connectivity index (χ0) is 27.6. The Hall–Kier alpha value is -3.67. The molecule has 0 radical (unpaired) electrons. The summed E-state index contributed by atoms with van der Waals surface area (Å²) in [6.45, 7) is 9.80. The highest BCUT2D eigenvalue weighted by Crippen LogP contribution is 2.26. The molecule has 12 heteroatoms. The highest BCUT2D eigenvalue weighted by Gasteiger charge is 2.26. The molecule has 0 aliphatic rings. The van der Waals surface area contributed by atoms with Gasteiger partial charge in [-0.1, -0.05) is 13.8 Å². The van der Waals surface area contributed by atoms with Gasteiger partial charge in [0.15, 0.2) is 11.6 Å². The molecule has 204 valence electrons. The Kier molecular flexibility index (Phi) is 10.9. The van der Waals surface area contributed by atoms with Crippen LogP contribution < -0.4 is 26.4 Å². The van der Waals surface area contributed by atoms with Gasteiger partial charge in [0, 0.05) is 31.1 Å². The van der Waals surface area contributed by atoms with Gasteiger partial charge in [-0.15, -0.1) is 0 Å². The van der Waals surface area contributed by atoms with E-state index in [9.17, 15) is 9.59 Å². The van der Waals surface area contributed by atoms with Crippen molar-refractivity contribution in [3.8, 4) is 5.88 Å². The van der Waals surface area contributed by atoms with Crippen LogP contribution in [-0.2, 0) is 9.47 Å². The van der Waals surface area contributed by atoms with Gasteiger partial charge >= 0.3 is 6.09 Å². The molecule has 0 unspecified atom stereocenters. The Labute approximate surface area is 216 Å². The summed E-state index contributed by atoms with van der Waals surface area (Å²) in [4.78, 5) is 32.8. The maximum absolute atomic E-state index is 15.0. The predicted octanol–water partition coefficient (Wildman–Crippen LogP) is 3.98. The van der Waals surface area contributed by atoms with Gasteiger partial charge in [0.05, 0.1) is 18.2 Å². The molecule has 2 heterocycles. The van der Waals surface area contributed by atoms with E-state index in [-0.39, 0.29) is 29.3 Å². The summed E-state index contributed by atoms with van der Waals surface area (Å²) >= 11 is 0. The maximum Gasteiger partial charge on any atom is 0.407 e. The van der Waals surface area contributed by atoms with E-state index in [1.54, 1.807) is 40.0 Å². The van der Waals surface area contributed by atoms with Crippen LogP contribution in [0.5, 0.6) is 5.88 Å². The number of halogens is 1. The zero-order valence-electron chi connectivity index (χ0n) is 22.2. The molecule has 0 aliphatic heterocycles. The van der Waals surface area contributed by atoms with Crippen molar-refractivity contribution in [1.82, 2.24) is 15.3 Å². The second-order valence-electron chi connectivity index (χ2n) is 9.25. The Morgan fingerprint density at radius 1 is 1.11 bits per heavy atom. The molecule has 0 spiro atoms. The number of aromatic nitrogens is 2. The van der Waals surface area contributed by atoms with Gasteiger partial charge in [-0.05, 0) is 45.7 Å². The second-order valence-corrected chi connectivity index (χ2v) is 9.25. The number of rotatable bonds is 13. The van der Waals surface area contributed by atoms with Crippen molar-refractivity contribution in [2.75, 3.05) is 31.0 Å². The number of nitrogens with zero attached hydrogens (tertiary/aromatic N) is 2. The molecule has 2 amide bonds. The summed E-state index contributed by atoms with van der Waals surface area (Å²) in [6.07, 6.45) is 2.04. The monoisotopic (exact) mass is 520 g/mol. The second kappa shape index (κ2) is 13.6. The van der Waals surface area contributed by atoms with E-state index in [0.717, 1.165) is 6.07 Å². The summed E-state index contributed by atoms with van der Waals surface area (Å²) in [5.41, 5.74) is 5.20. The lowest BCUT2D eigenvalue weighted by molar-refractivity contribution is 0.0496. The Bertz CT molecular complexity index is 1060.